The first-order chi connectivity index (χ1) is 14.1. The number of carbonyl (C=O) groups is 3. The van der Waals surface area contributed by atoms with Crippen molar-refractivity contribution in [2.75, 3.05) is 13.7 Å². The van der Waals surface area contributed by atoms with Gasteiger partial charge in [0.1, 0.15) is 5.75 Å². The summed E-state index contributed by atoms with van der Waals surface area (Å²) in [4.78, 5) is 37.1. The third-order valence-electron chi connectivity index (χ3n) is 4.48. The molecule has 0 bridgehead atoms. The summed E-state index contributed by atoms with van der Waals surface area (Å²) in [6, 6.07) is 15.9. The van der Waals surface area contributed by atoms with E-state index in [1.807, 2.05) is 6.07 Å². The molecule has 1 saturated carbocycles. The molecule has 152 valence electrons. The van der Waals surface area contributed by atoms with E-state index >= 15 is 0 Å². The molecule has 2 N–H and O–H groups in total. The van der Waals surface area contributed by atoms with Crippen molar-refractivity contribution in [3.8, 4) is 5.75 Å². The molecule has 1 aliphatic rings. The molecule has 7 nitrogen and oxygen atoms in total. The monoisotopic (exact) mass is 396 g/mol. The van der Waals surface area contributed by atoms with Crippen molar-refractivity contribution in [3.63, 3.8) is 0 Å². The fraction of sp³-hybridized carbons (Fsp3) is 0.318. The molecule has 0 aliphatic heterocycles. The standard InChI is InChI=1S/C22H24N2O5/c1-28-18-10-6-5-9-17(18)21(26)23-14-13-19(25)29-20(15-7-3-2-4-8-15)22(27)24-16-11-12-16/h2-10,16,20H,11-14H2,1H3,(H,23,26)(H,24,27)/t20-/m0/s1. The van der Waals surface area contributed by atoms with Crippen LogP contribution in [0.25, 0.3) is 0 Å². The van der Waals surface area contributed by atoms with Crippen molar-refractivity contribution in [2.24, 2.45) is 0 Å². The lowest BCUT2D eigenvalue weighted by Gasteiger charge is -2.18. The summed E-state index contributed by atoms with van der Waals surface area (Å²) < 4.78 is 10.6. The van der Waals surface area contributed by atoms with Crippen LogP contribution in [0.15, 0.2) is 54.6 Å². The predicted molar refractivity (Wildman–Crippen MR) is 106 cm³/mol. The molecule has 29 heavy (non-hydrogen) atoms. The van der Waals surface area contributed by atoms with Crippen LogP contribution in [0.5, 0.6) is 5.75 Å². The molecule has 2 aromatic rings. The van der Waals surface area contributed by atoms with Crippen molar-refractivity contribution < 1.29 is 23.9 Å². The highest BCUT2D eigenvalue weighted by Gasteiger charge is 2.30. The number of rotatable bonds is 9. The van der Waals surface area contributed by atoms with Gasteiger partial charge < -0.3 is 20.1 Å². The van der Waals surface area contributed by atoms with Crippen LogP contribution in [0.2, 0.25) is 0 Å². The Balaban J connectivity index is 1.54. The van der Waals surface area contributed by atoms with Gasteiger partial charge in [0.15, 0.2) is 0 Å². The van der Waals surface area contributed by atoms with Gasteiger partial charge in [0.25, 0.3) is 11.8 Å². The van der Waals surface area contributed by atoms with E-state index in [0.29, 0.717) is 16.9 Å². The summed E-state index contributed by atoms with van der Waals surface area (Å²) in [6.07, 6.45) is 0.821. The average molecular weight is 396 g/mol. The number of hydrogen-bond donors (Lipinski definition) is 2. The third kappa shape index (κ3) is 5.81. The van der Waals surface area contributed by atoms with Crippen molar-refractivity contribution in [2.45, 2.75) is 31.4 Å². The van der Waals surface area contributed by atoms with E-state index in [4.69, 9.17) is 9.47 Å². The Morgan fingerprint density at radius 3 is 2.41 bits per heavy atom. The Morgan fingerprint density at radius 1 is 1.03 bits per heavy atom. The van der Waals surface area contributed by atoms with Crippen LogP contribution in [0, 0.1) is 0 Å². The van der Waals surface area contributed by atoms with Crippen LogP contribution < -0.4 is 15.4 Å². The molecule has 1 fully saturated rings. The molecule has 2 aromatic carbocycles. The van der Waals surface area contributed by atoms with E-state index in [2.05, 4.69) is 10.6 Å². The topological polar surface area (TPSA) is 93.7 Å². The maximum Gasteiger partial charge on any atom is 0.308 e. The first-order valence-electron chi connectivity index (χ1n) is 9.54. The summed E-state index contributed by atoms with van der Waals surface area (Å²) in [5.41, 5.74) is 0.992. The zero-order valence-electron chi connectivity index (χ0n) is 16.2. The minimum atomic E-state index is -1.01. The van der Waals surface area contributed by atoms with Gasteiger partial charge in [-0.1, -0.05) is 42.5 Å². The van der Waals surface area contributed by atoms with Crippen molar-refractivity contribution in [1.82, 2.24) is 10.6 Å². The maximum atomic E-state index is 12.5. The molecule has 0 spiro atoms. The van der Waals surface area contributed by atoms with Gasteiger partial charge in [-0.3, -0.25) is 14.4 Å². The second-order valence-electron chi connectivity index (χ2n) is 6.77. The number of ether oxygens (including phenoxy) is 2. The number of hydrogen-bond acceptors (Lipinski definition) is 5. The molecule has 0 saturated heterocycles. The van der Waals surface area contributed by atoms with Crippen molar-refractivity contribution in [1.29, 1.82) is 0 Å². The van der Waals surface area contributed by atoms with Crippen molar-refractivity contribution >= 4 is 17.8 Å². The van der Waals surface area contributed by atoms with E-state index < -0.39 is 12.1 Å². The number of esters is 1. The minimum Gasteiger partial charge on any atom is -0.496 e. The molecular formula is C22H24N2O5. The zero-order chi connectivity index (χ0) is 20.6. The number of nitrogens with one attached hydrogen (secondary N) is 2. The normalized spacial score (nSPS) is 13.8. The van der Waals surface area contributed by atoms with Crippen LogP contribution >= 0.6 is 0 Å². The van der Waals surface area contributed by atoms with E-state index in [0.717, 1.165) is 12.8 Å². The fourth-order valence-corrected chi connectivity index (χ4v) is 2.80. The lowest BCUT2D eigenvalue weighted by molar-refractivity contribution is -0.156. The Kier molecular flexibility index (Phi) is 6.84. The average Bonchev–Trinajstić information content (AvgIpc) is 3.56. The number of methoxy groups -OCH3 is 1. The van der Waals surface area contributed by atoms with Crippen LogP contribution in [0.1, 0.15) is 41.3 Å². The van der Waals surface area contributed by atoms with E-state index in [1.54, 1.807) is 48.5 Å². The van der Waals surface area contributed by atoms with Crippen LogP contribution in [0.4, 0.5) is 0 Å². The van der Waals surface area contributed by atoms with Gasteiger partial charge in [-0.25, -0.2) is 0 Å². The first kappa shape index (κ1) is 20.4. The summed E-state index contributed by atoms with van der Waals surface area (Å²) in [5, 5.41) is 5.54. The number of carbonyl (C=O) groups excluding carboxylic acids is 3. The van der Waals surface area contributed by atoms with Gasteiger partial charge in [-0.15, -0.1) is 0 Å². The highest BCUT2D eigenvalue weighted by molar-refractivity contribution is 5.97. The Morgan fingerprint density at radius 2 is 1.72 bits per heavy atom. The summed E-state index contributed by atoms with van der Waals surface area (Å²) in [6.45, 7) is 0.0848. The lowest BCUT2D eigenvalue weighted by Crippen LogP contribution is -2.34. The summed E-state index contributed by atoms with van der Waals surface area (Å²) in [5.74, 6) is -0.787. The van der Waals surface area contributed by atoms with Gasteiger partial charge in [0.05, 0.1) is 19.1 Å². The number of amides is 2. The molecule has 2 amide bonds. The Hall–Kier alpha value is -3.35. The Labute approximate surface area is 169 Å². The third-order valence-corrected chi connectivity index (χ3v) is 4.48. The van der Waals surface area contributed by atoms with Gasteiger partial charge in [0.2, 0.25) is 6.10 Å². The van der Waals surface area contributed by atoms with Crippen LogP contribution in [0.3, 0.4) is 0 Å². The highest BCUT2D eigenvalue weighted by atomic mass is 16.5. The summed E-state index contributed by atoms with van der Waals surface area (Å²) >= 11 is 0. The zero-order valence-corrected chi connectivity index (χ0v) is 16.2. The van der Waals surface area contributed by atoms with E-state index in [1.165, 1.54) is 7.11 Å². The molecule has 0 heterocycles. The molecule has 7 heteroatoms. The van der Waals surface area contributed by atoms with E-state index in [9.17, 15) is 14.4 Å². The molecule has 1 aliphatic carbocycles. The Bertz CT molecular complexity index is 865. The van der Waals surface area contributed by atoms with Gasteiger partial charge in [-0.2, -0.15) is 0 Å². The number of benzene rings is 2. The summed E-state index contributed by atoms with van der Waals surface area (Å²) in [7, 11) is 1.49. The molecule has 0 aromatic heterocycles. The molecule has 0 unspecified atom stereocenters. The molecule has 0 radical (unpaired) electrons. The van der Waals surface area contributed by atoms with Crippen molar-refractivity contribution in [3.05, 3.63) is 65.7 Å². The minimum absolute atomic E-state index is 0.0546. The highest BCUT2D eigenvalue weighted by Crippen LogP contribution is 2.23. The SMILES string of the molecule is COc1ccccc1C(=O)NCCC(=O)O[C@H](C(=O)NC1CC1)c1ccccc1. The predicted octanol–water partition coefficient (Wildman–Crippen LogP) is 2.38. The second-order valence-corrected chi connectivity index (χ2v) is 6.77. The van der Waals surface area contributed by atoms with Crippen LogP contribution in [-0.4, -0.2) is 37.5 Å². The quantitative estimate of drug-likeness (QED) is 0.635. The largest absolute Gasteiger partial charge is 0.496 e. The molecule has 3 rings (SSSR count). The molecular weight excluding hydrogens is 372 g/mol. The van der Waals surface area contributed by atoms with Crippen LogP contribution in [-0.2, 0) is 14.3 Å². The van der Waals surface area contributed by atoms with E-state index in [-0.39, 0.29) is 30.8 Å². The first-order valence-corrected chi connectivity index (χ1v) is 9.54. The maximum absolute atomic E-state index is 12.5. The van der Waals surface area contributed by atoms with Gasteiger partial charge >= 0.3 is 5.97 Å². The fourth-order valence-electron chi connectivity index (χ4n) is 2.80. The molecule has 1 atom stereocenters. The van der Waals surface area contributed by atoms with Gasteiger partial charge in [-0.05, 0) is 25.0 Å². The second kappa shape index (κ2) is 9.73. The van der Waals surface area contributed by atoms with Gasteiger partial charge in [0, 0.05) is 18.2 Å². The lowest BCUT2D eigenvalue weighted by atomic mass is 10.1. The smallest absolute Gasteiger partial charge is 0.308 e. The number of para-hydroxylation sites is 1.